The molecule has 0 radical (unpaired) electrons. The lowest BCUT2D eigenvalue weighted by atomic mass is 10.00. The first-order valence-corrected chi connectivity index (χ1v) is 36.4. The van der Waals surface area contributed by atoms with E-state index < -0.39 is 97.5 Å². The summed E-state index contributed by atoms with van der Waals surface area (Å²) in [6.45, 7) is 11.7. The van der Waals surface area contributed by atoms with Crippen molar-refractivity contribution >= 4 is 39.5 Å². The van der Waals surface area contributed by atoms with Crippen LogP contribution in [-0.4, -0.2) is 96.7 Å². The van der Waals surface area contributed by atoms with E-state index in [2.05, 4.69) is 48.5 Å². The molecule has 0 amide bonds. The number of hydrogen-bond acceptors (Lipinski definition) is 15. The van der Waals surface area contributed by atoms with Gasteiger partial charge in [0, 0.05) is 25.7 Å². The Hall–Kier alpha value is -1.94. The summed E-state index contributed by atoms with van der Waals surface area (Å²) in [5, 5.41) is 10.5. The number of esters is 4. The standard InChI is InChI=1S/C64H124O17P2/c1-8-10-11-12-13-14-17-23-31-38-45-61(66)74-52-60(81-64(69)48-41-34-27-26-30-37-44-57(7)9-2)54-79-83(72,73)77-50-58(65)49-76-82(70,71)78-53-59(51-75-62(67)46-39-32-24-20-19-22-29-36-43-56(5)6)80-63(68)47-40-33-25-18-15-16-21-28-35-42-55(3)4/h55-60,65H,8-54H2,1-7H3,(H,70,71)(H,72,73)/t57?,58-,59-,60-/m1/s1. The van der Waals surface area contributed by atoms with E-state index in [0.29, 0.717) is 25.7 Å². The van der Waals surface area contributed by atoms with Crippen molar-refractivity contribution in [3.63, 3.8) is 0 Å². The van der Waals surface area contributed by atoms with Crippen molar-refractivity contribution < 1.29 is 80.2 Å². The molecular formula is C64H124O17P2. The molecule has 0 heterocycles. The number of unbranched alkanes of at least 4 members (excludes halogenated alkanes) is 29. The number of phosphoric acid groups is 2. The summed E-state index contributed by atoms with van der Waals surface area (Å²) >= 11 is 0. The minimum absolute atomic E-state index is 0.103. The van der Waals surface area contributed by atoms with Crippen molar-refractivity contribution in [1.29, 1.82) is 0 Å². The second kappa shape index (κ2) is 55.4. The molecule has 0 saturated heterocycles. The molecule has 0 saturated carbocycles. The Morgan fingerprint density at radius 1 is 0.349 bits per heavy atom. The van der Waals surface area contributed by atoms with Crippen LogP contribution in [-0.2, 0) is 65.4 Å². The summed E-state index contributed by atoms with van der Waals surface area (Å²) in [5.41, 5.74) is 0. The van der Waals surface area contributed by atoms with Crippen LogP contribution in [0.1, 0.15) is 312 Å². The van der Waals surface area contributed by atoms with E-state index in [1.165, 1.54) is 122 Å². The number of aliphatic hydroxyl groups excluding tert-OH is 1. The molecule has 0 aromatic rings. The molecular weight excluding hydrogens is 1100 g/mol. The highest BCUT2D eigenvalue weighted by atomic mass is 31.2. The van der Waals surface area contributed by atoms with Gasteiger partial charge >= 0.3 is 39.5 Å². The molecule has 0 aromatic carbocycles. The smallest absolute Gasteiger partial charge is 0.462 e. The SMILES string of the molecule is CCCCCCCCCCCCC(=O)OC[C@H](COP(=O)(O)OC[C@H](O)COP(=O)(O)OC[C@@H](COC(=O)CCCCCCCCCCC(C)C)OC(=O)CCCCCCCCCCCC(C)C)OC(=O)CCCCCCCCC(C)CC. The van der Waals surface area contributed by atoms with Gasteiger partial charge in [-0.15, -0.1) is 0 Å². The lowest BCUT2D eigenvalue weighted by Crippen LogP contribution is -2.30. The number of rotatable bonds is 62. The predicted molar refractivity (Wildman–Crippen MR) is 331 cm³/mol. The van der Waals surface area contributed by atoms with E-state index in [9.17, 15) is 43.2 Å². The summed E-state index contributed by atoms with van der Waals surface area (Å²) in [7, 11) is -9.89. The molecule has 492 valence electrons. The van der Waals surface area contributed by atoms with E-state index in [4.69, 9.17) is 37.0 Å². The predicted octanol–water partition coefficient (Wildman–Crippen LogP) is 17.5. The van der Waals surface area contributed by atoms with Crippen LogP contribution in [0.3, 0.4) is 0 Å². The lowest BCUT2D eigenvalue weighted by molar-refractivity contribution is -0.161. The van der Waals surface area contributed by atoms with Crippen LogP contribution in [0.25, 0.3) is 0 Å². The monoisotopic (exact) mass is 1230 g/mol. The number of hydrogen-bond donors (Lipinski definition) is 3. The first-order valence-electron chi connectivity index (χ1n) is 33.4. The van der Waals surface area contributed by atoms with E-state index in [-0.39, 0.29) is 25.7 Å². The van der Waals surface area contributed by atoms with Gasteiger partial charge in [0.2, 0.25) is 0 Å². The van der Waals surface area contributed by atoms with Crippen molar-refractivity contribution in [1.82, 2.24) is 0 Å². The molecule has 0 spiro atoms. The normalized spacial score (nSPS) is 14.7. The molecule has 19 heteroatoms. The average Bonchev–Trinajstić information content (AvgIpc) is 3.45. The van der Waals surface area contributed by atoms with Gasteiger partial charge in [0.1, 0.15) is 19.3 Å². The molecule has 17 nitrogen and oxygen atoms in total. The maximum Gasteiger partial charge on any atom is 0.472 e. The quantitative estimate of drug-likeness (QED) is 0.0222. The molecule has 0 aliphatic carbocycles. The van der Waals surface area contributed by atoms with E-state index >= 15 is 0 Å². The molecule has 0 aliphatic rings. The molecule has 6 atom stereocenters. The molecule has 0 rings (SSSR count). The van der Waals surface area contributed by atoms with Gasteiger partial charge in [-0.3, -0.25) is 37.3 Å². The Morgan fingerprint density at radius 3 is 0.916 bits per heavy atom. The largest absolute Gasteiger partial charge is 0.472 e. The lowest BCUT2D eigenvalue weighted by Gasteiger charge is -2.21. The minimum atomic E-state index is -4.94. The Balaban J connectivity index is 5.26. The van der Waals surface area contributed by atoms with E-state index in [0.717, 1.165) is 108 Å². The van der Waals surface area contributed by atoms with Gasteiger partial charge in [-0.25, -0.2) is 9.13 Å². The second-order valence-corrected chi connectivity index (χ2v) is 27.3. The molecule has 0 fully saturated rings. The zero-order chi connectivity index (χ0) is 61.7. The van der Waals surface area contributed by atoms with Crippen LogP contribution in [0.4, 0.5) is 0 Å². The van der Waals surface area contributed by atoms with Crippen molar-refractivity contribution in [2.45, 2.75) is 330 Å². The third-order valence-electron chi connectivity index (χ3n) is 15.0. The second-order valence-electron chi connectivity index (χ2n) is 24.3. The van der Waals surface area contributed by atoms with Crippen molar-refractivity contribution in [2.24, 2.45) is 17.8 Å². The highest BCUT2D eigenvalue weighted by Crippen LogP contribution is 2.45. The van der Waals surface area contributed by atoms with Crippen LogP contribution in [0.5, 0.6) is 0 Å². The highest BCUT2D eigenvalue weighted by molar-refractivity contribution is 7.47. The van der Waals surface area contributed by atoms with Crippen LogP contribution < -0.4 is 0 Å². The molecule has 0 aliphatic heterocycles. The Kier molecular flexibility index (Phi) is 54.1. The number of phosphoric ester groups is 2. The zero-order valence-electron chi connectivity index (χ0n) is 53.6. The molecule has 3 N–H and O–H groups in total. The van der Waals surface area contributed by atoms with Gasteiger partial charge in [-0.2, -0.15) is 0 Å². The zero-order valence-corrected chi connectivity index (χ0v) is 55.4. The third kappa shape index (κ3) is 57.6. The molecule has 83 heavy (non-hydrogen) atoms. The summed E-state index contributed by atoms with van der Waals surface area (Å²) in [4.78, 5) is 72.2. The fraction of sp³-hybridized carbons (Fsp3) is 0.938. The van der Waals surface area contributed by atoms with Crippen LogP contribution in [0.15, 0.2) is 0 Å². The summed E-state index contributed by atoms with van der Waals surface area (Å²) in [5.74, 6) is 0.0442. The molecule has 0 bridgehead atoms. The first kappa shape index (κ1) is 81.1. The summed E-state index contributed by atoms with van der Waals surface area (Å²) in [6.07, 6.45) is 36.2. The van der Waals surface area contributed by atoms with Gasteiger partial charge in [0.15, 0.2) is 12.2 Å². The van der Waals surface area contributed by atoms with Crippen LogP contribution in [0.2, 0.25) is 0 Å². The Morgan fingerprint density at radius 2 is 0.614 bits per heavy atom. The van der Waals surface area contributed by atoms with Gasteiger partial charge in [0.25, 0.3) is 0 Å². The van der Waals surface area contributed by atoms with Crippen LogP contribution >= 0.6 is 15.6 Å². The number of carbonyl (C=O) groups is 4. The number of ether oxygens (including phenoxy) is 4. The number of carbonyl (C=O) groups excluding carboxylic acids is 4. The topological polar surface area (TPSA) is 237 Å². The average molecular weight is 1230 g/mol. The molecule has 3 unspecified atom stereocenters. The third-order valence-corrected chi connectivity index (χ3v) is 16.9. The van der Waals surface area contributed by atoms with Crippen molar-refractivity contribution in [3.8, 4) is 0 Å². The first-order chi connectivity index (χ1) is 39.8. The summed E-state index contributed by atoms with van der Waals surface area (Å²) in [6, 6.07) is 0. The van der Waals surface area contributed by atoms with Gasteiger partial charge in [-0.05, 0) is 43.4 Å². The molecule has 0 aromatic heterocycles. The minimum Gasteiger partial charge on any atom is -0.462 e. The van der Waals surface area contributed by atoms with Crippen molar-refractivity contribution in [2.75, 3.05) is 39.6 Å². The van der Waals surface area contributed by atoms with E-state index in [1.54, 1.807) is 0 Å². The number of aliphatic hydroxyl groups is 1. The fourth-order valence-corrected chi connectivity index (χ4v) is 11.0. The van der Waals surface area contributed by atoms with Gasteiger partial charge in [-0.1, -0.05) is 260 Å². The van der Waals surface area contributed by atoms with Gasteiger partial charge in [0.05, 0.1) is 26.4 Å². The van der Waals surface area contributed by atoms with Crippen molar-refractivity contribution in [3.05, 3.63) is 0 Å². The van der Waals surface area contributed by atoms with Gasteiger partial charge < -0.3 is 33.8 Å². The van der Waals surface area contributed by atoms with E-state index in [1.807, 2.05) is 0 Å². The Bertz CT molecular complexity index is 1650. The maximum absolute atomic E-state index is 13.0. The maximum atomic E-state index is 13.0. The fourth-order valence-electron chi connectivity index (χ4n) is 9.45. The van der Waals surface area contributed by atoms with Crippen LogP contribution in [0, 0.1) is 17.8 Å². The Labute approximate surface area is 505 Å². The highest BCUT2D eigenvalue weighted by Gasteiger charge is 2.30. The summed E-state index contributed by atoms with van der Waals surface area (Å²) < 4.78 is 68.0.